The molecule has 0 bridgehead atoms. The average molecular weight is 478 g/mol. The molecule has 1 heterocycles. The summed E-state index contributed by atoms with van der Waals surface area (Å²) < 4.78 is 5.50. The Bertz CT molecular complexity index is 1020. The van der Waals surface area contributed by atoms with Gasteiger partial charge in [-0.2, -0.15) is 0 Å². The fourth-order valence-corrected chi connectivity index (χ4v) is 5.75. The number of aryl methyl sites for hydroxylation is 1. The summed E-state index contributed by atoms with van der Waals surface area (Å²) in [5.41, 5.74) is 4.85. The van der Waals surface area contributed by atoms with E-state index < -0.39 is 0 Å². The number of benzene rings is 2. The van der Waals surface area contributed by atoms with E-state index in [-0.39, 0.29) is 42.5 Å². The smallest absolute Gasteiger partial charge is 0.317 e. The first-order chi connectivity index (χ1) is 16.9. The summed E-state index contributed by atoms with van der Waals surface area (Å²) in [5, 5.41) is 3.09. The number of hydrogen-bond acceptors (Lipinski definition) is 3. The van der Waals surface area contributed by atoms with Gasteiger partial charge in [-0.1, -0.05) is 73.4 Å². The minimum Gasteiger partial charge on any atom is -0.383 e. The molecule has 3 amide bonds. The van der Waals surface area contributed by atoms with E-state index in [9.17, 15) is 9.59 Å². The van der Waals surface area contributed by atoms with Gasteiger partial charge in [0, 0.05) is 32.2 Å². The second-order valence-electron chi connectivity index (χ2n) is 10.2. The van der Waals surface area contributed by atoms with Crippen molar-refractivity contribution < 1.29 is 14.3 Å². The molecule has 3 atom stereocenters. The molecule has 0 aromatic heterocycles. The van der Waals surface area contributed by atoms with Gasteiger partial charge in [-0.3, -0.25) is 4.79 Å². The number of nitrogens with one attached hydrogen (secondary N) is 1. The highest BCUT2D eigenvalue weighted by atomic mass is 16.5. The third kappa shape index (κ3) is 5.69. The largest absolute Gasteiger partial charge is 0.383 e. The number of amides is 3. The molecule has 2 aliphatic rings. The fraction of sp³-hybridized carbons (Fsp3) is 0.517. The van der Waals surface area contributed by atoms with E-state index in [1.807, 2.05) is 4.90 Å². The van der Waals surface area contributed by atoms with Crippen LogP contribution in [0.4, 0.5) is 4.79 Å². The van der Waals surface area contributed by atoms with Gasteiger partial charge in [0.2, 0.25) is 5.91 Å². The predicted molar refractivity (Wildman–Crippen MR) is 139 cm³/mol. The first-order valence-electron chi connectivity index (χ1n) is 12.9. The van der Waals surface area contributed by atoms with Gasteiger partial charge >= 0.3 is 6.03 Å². The Morgan fingerprint density at radius 1 is 1.06 bits per heavy atom. The van der Waals surface area contributed by atoms with Crippen molar-refractivity contribution in [2.75, 3.05) is 27.3 Å². The van der Waals surface area contributed by atoms with Crippen molar-refractivity contribution in [1.29, 1.82) is 0 Å². The van der Waals surface area contributed by atoms with E-state index in [2.05, 4.69) is 67.7 Å². The molecule has 1 saturated carbocycles. The number of likely N-dealkylation sites (tertiary alicyclic amines) is 1. The van der Waals surface area contributed by atoms with Crippen molar-refractivity contribution >= 4 is 11.9 Å². The molecular weight excluding hydrogens is 438 g/mol. The van der Waals surface area contributed by atoms with Crippen molar-refractivity contribution in [3.8, 4) is 11.1 Å². The highest BCUT2D eigenvalue weighted by Gasteiger charge is 2.49. The van der Waals surface area contributed by atoms with Crippen LogP contribution in [0.5, 0.6) is 0 Å². The molecule has 2 fully saturated rings. The van der Waals surface area contributed by atoms with Crippen molar-refractivity contribution in [2.45, 2.75) is 70.0 Å². The van der Waals surface area contributed by atoms with Crippen LogP contribution >= 0.6 is 0 Å². The van der Waals surface area contributed by atoms with Gasteiger partial charge in [0.05, 0.1) is 12.6 Å². The molecular formula is C29H39N3O3. The predicted octanol–water partition coefficient (Wildman–Crippen LogP) is 4.97. The number of carbonyl (C=O) groups is 2. The van der Waals surface area contributed by atoms with E-state index in [4.69, 9.17) is 4.74 Å². The second-order valence-corrected chi connectivity index (χ2v) is 10.2. The fourth-order valence-electron chi connectivity index (χ4n) is 5.75. The van der Waals surface area contributed by atoms with Crippen LogP contribution in [0.2, 0.25) is 0 Å². The van der Waals surface area contributed by atoms with Crippen LogP contribution in [-0.4, -0.2) is 67.2 Å². The summed E-state index contributed by atoms with van der Waals surface area (Å²) >= 11 is 0. The molecule has 2 aromatic rings. The van der Waals surface area contributed by atoms with E-state index >= 15 is 0 Å². The topological polar surface area (TPSA) is 61.9 Å². The number of carbonyl (C=O) groups excluding carboxylic acids is 2. The van der Waals surface area contributed by atoms with Crippen LogP contribution in [0.15, 0.2) is 48.5 Å². The lowest BCUT2D eigenvalue weighted by Gasteiger charge is -2.54. The molecule has 0 spiro atoms. The Kier molecular flexibility index (Phi) is 8.11. The van der Waals surface area contributed by atoms with Gasteiger partial charge in [-0.05, 0) is 43.4 Å². The van der Waals surface area contributed by atoms with Crippen LogP contribution in [0.1, 0.15) is 56.1 Å². The first kappa shape index (κ1) is 25.2. The molecule has 6 heteroatoms. The zero-order chi connectivity index (χ0) is 24.9. The summed E-state index contributed by atoms with van der Waals surface area (Å²) in [6, 6.07) is 17.2. The highest BCUT2D eigenvalue weighted by molar-refractivity contribution is 5.85. The maximum Gasteiger partial charge on any atom is 0.317 e. The Labute approximate surface area is 209 Å². The van der Waals surface area contributed by atoms with Crippen LogP contribution in [0.3, 0.4) is 0 Å². The molecule has 1 N–H and O–H groups in total. The molecule has 1 aliphatic carbocycles. The van der Waals surface area contributed by atoms with Gasteiger partial charge in [0.15, 0.2) is 0 Å². The third-order valence-corrected chi connectivity index (χ3v) is 7.65. The molecule has 0 unspecified atom stereocenters. The maximum absolute atomic E-state index is 13.2. The zero-order valence-electron chi connectivity index (χ0n) is 21.5. The molecule has 6 nitrogen and oxygen atoms in total. The van der Waals surface area contributed by atoms with Gasteiger partial charge in [0.1, 0.15) is 6.54 Å². The van der Waals surface area contributed by atoms with Crippen LogP contribution in [0, 0.1) is 6.92 Å². The quantitative estimate of drug-likeness (QED) is 0.613. The molecule has 1 saturated heterocycles. The number of urea groups is 1. The van der Waals surface area contributed by atoms with E-state index in [1.54, 1.807) is 14.2 Å². The summed E-state index contributed by atoms with van der Waals surface area (Å²) in [6.45, 7) is 4.73. The number of methoxy groups -OCH3 is 1. The van der Waals surface area contributed by atoms with E-state index in [0.717, 1.165) is 25.7 Å². The Balaban J connectivity index is 1.40. The van der Waals surface area contributed by atoms with Crippen molar-refractivity contribution in [2.24, 2.45) is 0 Å². The maximum atomic E-state index is 13.2. The molecule has 1 aliphatic heterocycles. The van der Waals surface area contributed by atoms with Crippen LogP contribution in [0.25, 0.3) is 11.1 Å². The molecule has 35 heavy (non-hydrogen) atoms. The number of likely N-dealkylation sites (N-methyl/N-ethyl adjacent to an activating group) is 1. The molecule has 188 valence electrons. The van der Waals surface area contributed by atoms with Crippen LogP contribution in [-0.2, 0) is 9.53 Å². The summed E-state index contributed by atoms with van der Waals surface area (Å²) in [6.07, 6.45) is 5.61. The summed E-state index contributed by atoms with van der Waals surface area (Å²) in [5.74, 6) is 0.167. The summed E-state index contributed by atoms with van der Waals surface area (Å²) in [7, 11) is 3.38. The van der Waals surface area contributed by atoms with Gasteiger partial charge in [0.25, 0.3) is 0 Å². The normalized spacial score (nSPS) is 22.4. The lowest BCUT2D eigenvalue weighted by atomic mass is 9.75. The molecule has 0 radical (unpaired) electrons. The standard InChI is InChI=1S/C29H39N3O3/c1-20-9-8-10-24(17-20)22-13-15-23(16-14-22)28-21(2)32(26(28)19-35-4)27(33)18-31(3)29(34)30-25-11-6-5-7-12-25/h8-10,13-17,21,25-26,28H,5-7,11-12,18-19H2,1-4H3,(H,30,34)/t21-,26+,28+/m0/s1. The number of ether oxygens (including phenoxy) is 1. The number of hydrogen-bond donors (Lipinski definition) is 1. The van der Waals surface area contributed by atoms with Gasteiger partial charge in [-0.25, -0.2) is 4.79 Å². The highest BCUT2D eigenvalue weighted by Crippen LogP contribution is 2.41. The Hall–Kier alpha value is -2.86. The number of rotatable bonds is 7. The minimum absolute atomic E-state index is 0.0338. The first-order valence-corrected chi connectivity index (χ1v) is 12.9. The van der Waals surface area contributed by atoms with Gasteiger partial charge < -0.3 is 19.9 Å². The van der Waals surface area contributed by atoms with Crippen LogP contribution < -0.4 is 5.32 Å². The second kappa shape index (κ2) is 11.3. The third-order valence-electron chi connectivity index (χ3n) is 7.65. The lowest BCUT2D eigenvalue weighted by molar-refractivity contribution is -0.150. The lowest BCUT2D eigenvalue weighted by Crippen LogP contribution is -2.66. The Morgan fingerprint density at radius 2 is 1.77 bits per heavy atom. The van der Waals surface area contributed by atoms with Crippen molar-refractivity contribution in [1.82, 2.24) is 15.1 Å². The van der Waals surface area contributed by atoms with E-state index in [1.165, 1.54) is 33.6 Å². The molecule has 4 rings (SSSR count). The minimum atomic E-state index is -0.162. The van der Waals surface area contributed by atoms with Crippen molar-refractivity contribution in [3.05, 3.63) is 59.7 Å². The SMILES string of the molecule is COC[C@@H]1[C@@H](c2ccc(-c3cccc(C)c3)cc2)[C@H](C)N1C(=O)CN(C)C(=O)NC1CCCCC1. The van der Waals surface area contributed by atoms with E-state index in [0.29, 0.717) is 6.61 Å². The van der Waals surface area contributed by atoms with Gasteiger partial charge in [-0.15, -0.1) is 0 Å². The monoisotopic (exact) mass is 477 g/mol. The zero-order valence-corrected chi connectivity index (χ0v) is 21.5. The number of nitrogens with zero attached hydrogens (tertiary/aromatic N) is 2. The van der Waals surface area contributed by atoms with Crippen molar-refractivity contribution in [3.63, 3.8) is 0 Å². The molecule has 2 aromatic carbocycles. The Morgan fingerprint density at radius 3 is 2.43 bits per heavy atom. The summed E-state index contributed by atoms with van der Waals surface area (Å²) in [4.78, 5) is 29.3. The average Bonchev–Trinajstić information content (AvgIpc) is 2.85.